The Morgan fingerprint density at radius 1 is 1.33 bits per heavy atom. The van der Waals surface area contributed by atoms with E-state index in [-0.39, 0.29) is 5.91 Å². The summed E-state index contributed by atoms with van der Waals surface area (Å²) < 4.78 is 17.6. The third-order valence-electron chi connectivity index (χ3n) is 4.46. The van der Waals surface area contributed by atoms with E-state index in [1.54, 1.807) is 13.3 Å². The van der Waals surface area contributed by atoms with Gasteiger partial charge in [0.1, 0.15) is 6.61 Å². The lowest BCUT2D eigenvalue weighted by Crippen LogP contribution is -2.42. The number of rotatable bonds is 8. The largest absolute Gasteiger partial charge is 0.493 e. The average Bonchev–Trinajstić information content (AvgIpc) is 2.74. The normalized spacial score (nSPS) is 14.6. The first-order chi connectivity index (χ1) is 14.6. The minimum Gasteiger partial charge on any atom is -0.493 e. The Morgan fingerprint density at radius 2 is 2.10 bits per heavy atom. The maximum atomic E-state index is 12.0. The number of hydrogen-bond donors (Lipinski definition) is 1. The minimum absolute atomic E-state index is 0.158. The smallest absolute Gasteiger partial charge is 0.254 e. The molecule has 0 radical (unpaired) electrons. The number of halogens is 2. The van der Waals surface area contributed by atoms with Crippen molar-refractivity contribution in [3.05, 3.63) is 56.1 Å². The van der Waals surface area contributed by atoms with Gasteiger partial charge in [-0.15, -0.1) is 0 Å². The highest BCUT2D eigenvalue weighted by atomic mass is 127. The van der Waals surface area contributed by atoms with Crippen LogP contribution in [0.1, 0.15) is 11.1 Å². The number of benzene rings is 2. The van der Waals surface area contributed by atoms with Gasteiger partial charge in [-0.1, -0.05) is 29.8 Å². The van der Waals surface area contributed by atoms with Gasteiger partial charge in [-0.05, 0) is 46.4 Å². The van der Waals surface area contributed by atoms with Gasteiger partial charge in [-0.3, -0.25) is 9.69 Å². The molecule has 2 aromatic carbocycles. The molecule has 30 heavy (non-hydrogen) atoms. The number of amides is 1. The van der Waals surface area contributed by atoms with Gasteiger partial charge in [-0.2, -0.15) is 5.10 Å². The second kappa shape index (κ2) is 11.5. The van der Waals surface area contributed by atoms with Crippen LogP contribution in [0.5, 0.6) is 11.5 Å². The fraction of sp³-hybridized carbons (Fsp3) is 0.333. The van der Waals surface area contributed by atoms with Crippen LogP contribution in [0.4, 0.5) is 0 Å². The quantitative estimate of drug-likeness (QED) is 0.314. The van der Waals surface area contributed by atoms with Crippen molar-refractivity contribution in [3.63, 3.8) is 0 Å². The Bertz CT molecular complexity index is 904. The van der Waals surface area contributed by atoms with Crippen LogP contribution in [0.2, 0.25) is 5.02 Å². The summed E-state index contributed by atoms with van der Waals surface area (Å²) in [5, 5.41) is 4.71. The highest BCUT2D eigenvalue weighted by Gasteiger charge is 2.14. The van der Waals surface area contributed by atoms with E-state index in [1.807, 2.05) is 41.3 Å². The third-order valence-corrected chi connectivity index (χ3v) is 5.63. The van der Waals surface area contributed by atoms with Crippen LogP contribution >= 0.6 is 34.2 Å². The molecular formula is C21H23ClIN3O4. The molecular weight excluding hydrogens is 521 g/mol. The summed E-state index contributed by atoms with van der Waals surface area (Å²) >= 11 is 8.38. The van der Waals surface area contributed by atoms with Crippen LogP contribution in [0.3, 0.4) is 0 Å². The zero-order chi connectivity index (χ0) is 21.3. The molecule has 0 aromatic heterocycles. The summed E-state index contributed by atoms with van der Waals surface area (Å²) in [6, 6.07) is 11.3. The molecule has 1 fully saturated rings. The molecule has 2 aromatic rings. The molecule has 0 spiro atoms. The number of methoxy groups -OCH3 is 1. The van der Waals surface area contributed by atoms with Crippen LogP contribution in [0.15, 0.2) is 41.5 Å². The van der Waals surface area contributed by atoms with E-state index in [0.29, 0.717) is 42.9 Å². The highest BCUT2D eigenvalue weighted by Crippen LogP contribution is 2.34. The molecule has 0 saturated carbocycles. The molecule has 0 unspecified atom stereocenters. The lowest BCUT2D eigenvalue weighted by Gasteiger charge is -2.25. The first-order valence-corrected chi connectivity index (χ1v) is 10.9. The van der Waals surface area contributed by atoms with Crippen molar-refractivity contribution in [1.29, 1.82) is 0 Å². The van der Waals surface area contributed by atoms with Gasteiger partial charge in [0, 0.05) is 23.7 Å². The number of carbonyl (C=O) groups is 1. The van der Waals surface area contributed by atoms with Crippen LogP contribution in [-0.4, -0.2) is 57.0 Å². The van der Waals surface area contributed by atoms with Crippen LogP contribution in [0.25, 0.3) is 0 Å². The molecule has 1 amide bonds. The van der Waals surface area contributed by atoms with Crippen molar-refractivity contribution >= 4 is 46.3 Å². The second-order valence-corrected chi connectivity index (χ2v) is 8.17. The van der Waals surface area contributed by atoms with E-state index < -0.39 is 0 Å². The number of ether oxygens (including phenoxy) is 3. The molecule has 9 heteroatoms. The fourth-order valence-corrected chi connectivity index (χ4v) is 3.87. The molecule has 7 nitrogen and oxygen atoms in total. The fourth-order valence-electron chi connectivity index (χ4n) is 2.90. The van der Waals surface area contributed by atoms with Crippen LogP contribution in [0, 0.1) is 3.57 Å². The van der Waals surface area contributed by atoms with Crippen LogP contribution in [-0.2, 0) is 16.1 Å². The molecule has 160 valence electrons. The van der Waals surface area contributed by atoms with Crippen molar-refractivity contribution in [3.8, 4) is 11.5 Å². The van der Waals surface area contributed by atoms with Gasteiger partial charge in [0.15, 0.2) is 11.5 Å². The summed E-state index contributed by atoms with van der Waals surface area (Å²) in [6.07, 6.45) is 1.58. The number of hydrazone groups is 1. The van der Waals surface area contributed by atoms with E-state index in [2.05, 4.69) is 33.1 Å². The molecule has 0 bridgehead atoms. The molecule has 1 heterocycles. The minimum atomic E-state index is -0.158. The van der Waals surface area contributed by atoms with Crippen molar-refractivity contribution in [2.75, 3.05) is 40.0 Å². The summed E-state index contributed by atoms with van der Waals surface area (Å²) in [7, 11) is 1.58. The molecule has 1 saturated heterocycles. The van der Waals surface area contributed by atoms with Gasteiger partial charge in [-0.25, -0.2) is 5.43 Å². The molecule has 1 N–H and O–H groups in total. The number of morpholine rings is 1. The Balaban J connectivity index is 1.60. The van der Waals surface area contributed by atoms with Crippen molar-refractivity contribution < 1.29 is 19.0 Å². The van der Waals surface area contributed by atoms with E-state index >= 15 is 0 Å². The maximum absolute atomic E-state index is 12.0. The Hall–Kier alpha value is -1.88. The third kappa shape index (κ3) is 6.56. The standard InChI is InChI=1S/C21H23ClIN3O4/c1-28-19-11-15(12-24-25-20(27)13-26-6-8-29-9-7-26)10-18(23)21(19)30-14-16-4-2-3-5-17(16)22/h2-5,10-12H,6-9,13-14H2,1H3,(H,25,27)/b24-12+. The summed E-state index contributed by atoms with van der Waals surface area (Å²) in [4.78, 5) is 14.1. The molecule has 1 aliphatic heterocycles. The lowest BCUT2D eigenvalue weighted by molar-refractivity contribution is -0.123. The zero-order valence-electron chi connectivity index (χ0n) is 16.6. The van der Waals surface area contributed by atoms with E-state index in [0.717, 1.165) is 27.8 Å². The van der Waals surface area contributed by atoms with Gasteiger partial charge < -0.3 is 14.2 Å². The predicted octanol–water partition coefficient (Wildman–Crippen LogP) is 3.31. The van der Waals surface area contributed by atoms with E-state index in [4.69, 9.17) is 25.8 Å². The average molecular weight is 544 g/mol. The van der Waals surface area contributed by atoms with Gasteiger partial charge in [0.25, 0.3) is 5.91 Å². The SMILES string of the molecule is COc1cc(/C=N/NC(=O)CN2CCOCC2)cc(I)c1OCc1ccccc1Cl. The molecule has 0 atom stereocenters. The monoisotopic (exact) mass is 543 g/mol. The van der Waals surface area contributed by atoms with Gasteiger partial charge in [0.2, 0.25) is 0 Å². The number of hydrogen-bond acceptors (Lipinski definition) is 6. The van der Waals surface area contributed by atoms with Crippen molar-refractivity contribution in [1.82, 2.24) is 10.3 Å². The highest BCUT2D eigenvalue weighted by molar-refractivity contribution is 14.1. The van der Waals surface area contributed by atoms with E-state index in [1.165, 1.54) is 0 Å². The summed E-state index contributed by atoms with van der Waals surface area (Å²) in [5.41, 5.74) is 4.24. The lowest BCUT2D eigenvalue weighted by atomic mass is 10.2. The maximum Gasteiger partial charge on any atom is 0.254 e. The summed E-state index contributed by atoms with van der Waals surface area (Å²) in [6.45, 7) is 3.44. The first kappa shape index (κ1) is 22.8. The van der Waals surface area contributed by atoms with Gasteiger partial charge in [0.05, 0.1) is 36.7 Å². The predicted molar refractivity (Wildman–Crippen MR) is 124 cm³/mol. The number of nitrogens with zero attached hydrogens (tertiary/aromatic N) is 2. The Labute approximate surface area is 194 Å². The van der Waals surface area contributed by atoms with Crippen molar-refractivity contribution in [2.45, 2.75) is 6.61 Å². The zero-order valence-corrected chi connectivity index (χ0v) is 19.5. The number of carbonyl (C=O) groups excluding carboxylic acids is 1. The summed E-state index contributed by atoms with van der Waals surface area (Å²) in [5.74, 6) is 1.05. The molecule has 1 aliphatic rings. The van der Waals surface area contributed by atoms with Gasteiger partial charge >= 0.3 is 0 Å². The molecule has 3 rings (SSSR count). The number of nitrogens with one attached hydrogen (secondary N) is 1. The van der Waals surface area contributed by atoms with Crippen molar-refractivity contribution in [2.24, 2.45) is 5.10 Å². The Morgan fingerprint density at radius 3 is 2.83 bits per heavy atom. The van der Waals surface area contributed by atoms with Crippen LogP contribution < -0.4 is 14.9 Å². The molecule has 0 aliphatic carbocycles. The second-order valence-electron chi connectivity index (χ2n) is 6.60. The first-order valence-electron chi connectivity index (χ1n) is 9.42. The van der Waals surface area contributed by atoms with E-state index in [9.17, 15) is 4.79 Å². The topological polar surface area (TPSA) is 72.4 Å². The Kier molecular flexibility index (Phi) is 8.74.